The molecular formula is C22H18ClNO5. The van der Waals surface area contributed by atoms with Gasteiger partial charge in [0.05, 0.1) is 13.7 Å². The summed E-state index contributed by atoms with van der Waals surface area (Å²) in [7, 11) is 1.42. The van der Waals surface area contributed by atoms with Crippen LogP contribution in [0.1, 0.15) is 18.1 Å². The van der Waals surface area contributed by atoms with Crippen LogP contribution in [0.5, 0.6) is 11.5 Å². The second-order valence-electron chi connectivity index (χ2n) is 5.61. The van der Waals surface area contributed by atoms with Gasteiger partial charge in [0.25, 0.3) is 0 Å². The smallest absolute Gasteiger partial charge is 0.348 e. The Morgan fingerprint density at radius 3 is 2.41 bits per heavy atom. The van der Waals surface area contributed by atoms with Crippen molar-refractivity contribution in [2.24, 2.45) is 0 Å². The molecular weight excluding hydrogens is 394 g/mol. The molecule has 0 unspecified atom stereocenters. The second-order valence-corrected chi connectivity index (χ2v) is 6.04. The minimum atomic E-state index is -0.711. The Labute approximate surface area is 173 Å². The molecule has 0 radical (unpaired) electrons. The predicted octanol–water partition coefficient (Wildman–Crippen LogP) is 4.44. The van der Waals surface area contributed by atoms with Gasteiger partial charge in [-0.1, -0.05) is 29.8 Å². The molecule has 29 heavy (non-hydrogen) atoms. The van der Waals surface area contributed by atoms with Crippen molar-refractivity contribution in [3.05, 3.63) is 70.3 Å². The van der Waals surface area contributed by atoms with E-state index in [9.17, 15) is 9.59 Å². The van der Waals surface area contributed by atoms with Gasteiger partial charge in [-0.3, -0.25) is 0 Å². The van der Waals surface area contributed by atoms with Gasteiger partial charge in [-0.25, -0.2) is 9.59 Å². The molecule has 0 heterocycles. The largest absolute Gasteiger partial charge is 0.493 e. The first kappa shape index (κ1) is 21.7. The molecule has 0 spiro atoms. The van der Waals surface area contributed by atoms with Gasteiger partial charge in [-0.15, -0.1) is 0 Å². The van der Waals surface area contributed by atoms with Crippen LogP contribution in [0.15, 0.2) is 54.1 Å². The molecule has 2 rings (SSSR count). The number of nitrogens with zero attached hydrogens (tertiary/aromatic N) is 1. The minimum Gasteiger partial charge on any atom is -0.493 e. The normalized spacial score (nSPS) is 11.0. The Bertz CT molecular complexity index is 987. The maximum absolute atomic E-state index is 12.1. The van der Waals surface area contributed by atoms with Gasteiger partial charge in [0, 0.05) is 11.1 Å². The van der Waals surface area contributed by atoms with Crippen molar-refractivity contribution in [2.45, 2.75) is 6.92 Å². The third-order valence-corrected chi connectivity index (χ3v) is 3.86. The summed E-state index contributed by atoms with van der Waals surface area (Å²) >= 11 is 5.82. The van der Waals surface area contributed by atoms with Crippen molar-refractivity contribution in [1.29, 1.82) is 5.26 Å². The van der Waals surface area contributed by atoms with Crippen molar-refractivity contribution in [2.75, 3.05) is 13.7 Å². The lowest BCUT2D eigenvalue weighted by molar-refractivity contribution is -0.138. The fraction of sp³-hybridized carbons (Fsp3) is 0.136. The number of hydrogen-bond donors (Lipinski definition) is 0. The third-order valence-electron chi connectivity index (χ3n) is 3.61. The van der Waals surface area contributed by atoms with Crippen LogP contribution in [0.3, 0.4) is 0 Å². The van der Waals surface area contributed by atoms with Crippen LogP contribution in [0.2, 0.25) is 5.02 Å². The first-order valence-corrected chi connectivity index (χ1v) is 8.97. The Kier molecular flexibility index (Phi) is 8.01. The molecule has 2 aromatic carbocycles. The van der Waals surface area contributed by atoms with Crippen molar-refractivity contribution in [1.82, 2.24) is 0 Å². The summed E-state index contributed by atoms with van der Waals surface area (Å²) in [4.78, 5) is 23.8. The zero-order valence-corrected chi connectivity index (χ0v) is 16.6. The maximum Gasteiger partial charge on any atom is 0.348 e. The zero-order valence-electron chi connectivity index (χ0n) is 15.8. The molecule has 0 aliphatic heterocycles. The van der Waals surface area contributed by atoms with Gasteiger partial charge < -0.3 is 14.2 Å². The standard InChI is InChI=1S/C22H18ClNO5/c1-3-28-22(26)17(14-24)12-16-6-10-19(20(13-16)27-2)29-21(25)11-7-15-4-8-18(23)9-5-15/h4-13H,3H2,1-2H3/b11-7+,17-12+. The molecule has 0 saturated carbocycles. The number of carbonyl (C=O) groups is 2. The second kappa shape index (κ2) is 10.7. The van der Waals surface area contributed by atoms with E-state index in [1.807, 2.05) is 0 Å². The zero-order chi connectivity index (χ0) is 21.2. The third kappa shape index (κ3) is 6.52. The molecule has 0 bridgehead atoms. The number of rotatable bonds is 7. The SMILES string of the molecule is CCOC(=O)/C(C#N)=C/c1ccc(OC(=O)/C=C/c2ccc(Cl)cc2)c(OC)c1. The summed E-state index contributed by atoms with van der Waals surface area (Å²) in [6, 6.07) is 13.4. The highest BCUT2D eigenvalue weighted by molar-refractivity contribution is 6.30. The maximum atomic E-state index is 12.1. The number of esters is 2. The minimum absolute atomic E-state index is 0.149. The van der Waals surface area contributed by atoms with E-state index in [4.69, 9.17) is 31.1 Å². The molecule has 0 aromatic heterocycles. The number of ether oxygens (including phenoxy) is 3. The van der Waals surface area contributed by atoms with Gasteiger partial charge in [0.2, 0.25) is 0 Å². The van der Waals surface area contributed by atoms with Crippen LogP contribution in [-0.4, -0.2) is 25.7 Å². The molecule has 0 fully saturated rings. The summed E-state index contributed by atoms with van der Waals surface area (Å²) in [6.45, 7) is 1.82. The van der Waals surface area contributed by atoms with Crippen LogP contribution in [-0.2, 0) is 14.3 Å². The van der Waals surface area contributed by atoms with E-state index >= 15 is 0 Å². The van der Waals surface area contributed by atoms with E-state index in [0.717, 1.165) is 5.56 Å². The molecule has 0 aliphatic carbocycles. The van der Waals surface area contributed by atoms with Gasteiger partial charge in [-0.05, 0) is 54.5 Å². The van der Waals surface area contributed by atoms with Crippen LogP contribution in [0, 0.1) is 11.3 Å². The summed E-state index contributed by atoms with van der Waals surface area (Å²) < 4.78 is 15.4. The molecule has 0 N–H and O–H groups in total. The highest BCUT2D eigenvalue weighted by Gasteiger charge is 2.12. The van der Waals surface area contributed by atoms with Crippen molar-refractivity contribution in [3.63, 3.8) is 0 Å². The molecule has 2 aromatic rings. The molecule has 6 nitrogen and oxygen atoms in total. The fourth-order valence-corrected chi connectivity index (χ4v) is 2.38. The fourth-order valence-electron chi connectivity index (χ4n) is 2.25. The van der Waals surface area contributed by atoms with E-state index in [0.29, 0.717) is 10.6 Å². The Balaban J connectivity index is 2.15. The average Bonchev–Trinajstić information content (AvgIpc) is 2.72. The average molecular weight is 412 g/mol. The lowest BCUT2D eigenvalue weighted by atomic mass is 10.1. The van der Waals surface area contributed by atoms with Crippen LogP contribution in [0.4, 0.5) is 0 Å². The summed E-state index contributed by atoms with van der Waals surface area (Å²) in [5.41, 5.74) is 1.16. The van der Waals surface area contributed by atoms with E-state index in [1.165, 1.54) is 25.3 Å². The van der Waals surface area contributed by atoms with E-state index in [-0.39, 0.29) is 23.7 Å². The van der Waals surface area contributed by atoms with Crippen molar-refractivity contribution >= 4 is 35.7 Å². The van der Waals surface area contributed by atoms with Gasteiger partial charge in [-0.2, -0.15) is 5.26 Å². The molecule has 7 heteroatoms. The monoisotopic (exact) mass is 411 g/mol. The predicted molar refractivity (Wildman–Crippen MR) is 109 cm³/mol. The first-order chi connectivity index (χ1) is 14.0. The number of benzene rings is 2. The molecule has 0 saturated heterocycles. The Morgan fingerprint density at radius 1 is 1.10 bits per heavy atom. The first-order valence-electron chi connectivity index (χ1n) is 8.59. The van der Waals surface area contributed by atoms with Crippen molar-refractivity contribution in [3.8, 4) is 17.6 Å². The van der Waals surface area contributed by atoms with Crippen LogP contribution < -0.4 is 9.47 Å². The highest BCUT2D eigenvalue weighted by atomic mass is 35.5. The number of halogens is 1. The lowest BCUT2D eigenvalue weighted by Crippen LogP contribution is -2.06. The summed E-state index contributed by atoms with van der Waals surface area (Å²) in [5.74, 6) is -0.833. The van der Waals surface area contributed by atoms with E-state index in [1.54, 1.807) is 55.5 Å². The summed E-state index contributed by atoms with van der Waals surface area (Å²) in [5, 5.41) is 9.72. The Hall–Kier alpha value is -3.56. The van der Waals surface area contributed by atoms with Crippen molar-refractivity contribution < 1.29 is 23.8 Å². The Morgan fingerprint density at radius 2 is 1.79 bits per heavy atom. The quantitative estimate of drug-likeness (QED) is 0.290. The molecule has 148 valence electrons. The number of methoxy groups -OCH3 is 1. The molecule has 0 aliphatic rings. The van der Waals surface area contributed by atoms with Crippen LogP contribution >= 0.6 is 11.6 Å². The van der Waals surface area contributed by atoms with E-state index in [2.05, 4.69) is 0 Å². The lowest BCUT2D eigenvalue weighted by Gasteiger charge is -2.09. The van der Waals surface area contributed by atoms with Gasteiger partial charge >= 0.3 is 11.9 Å². The summed E-state index contributed by atoms with van der Waals surface area (Å²) in [6.07, 6.45) is 4.25. The number of nitriles is 1. The topological polar surface area (TPSA) is 85.6 Å². The number of carbonyl (C=O) groups excluding carboxylic acids is 2. The van der Waals surface area contributed by atoms with E-state index < -0.39 is 11.9 Å². The molecule has 0 atom stereocenters. The highest BCUT2D eigenvalue weighted by Crippen LogP contribution is 2.29. The van der Waals surface area contributed by atoms with Gasteiger partial charge in [0.15, 0.2) is 11.5 Å². The van der Waals surface area contributed by atoms with Gasteiger partial charge in [0.1, 0.15) is 11.6 Å². The number of hydrogen-bond acceptors (Lipinski definition) is 6. The van der Waals surface area contributed by atoms with Crippen LogP contribution in [0.25, 0.3) is 12.2 Å². The molecule has 0 amide bonds.